The van der Waals surface area contributed by atoms with Gasteiger partial charge in [0.15, 0.2) is 23.7 Å². The maximum absolute atomic E-state index is 13.5. The summed E-state index contributed by atoms with van der Waals surface area (Å²) in [5.74, 6) is -4.96. The van der Waals surface area contributed by atoms with Gasteiger partial charge in [-0.2, -0.15) is 0 Å². The van der Waals surface area contributed by atoms with E-state index in [-0.39, 0.29) is 12.5 Å². The fourth-order valence-electron chi connectivity index (χ4n) is 4.56. The number of ether oxygens (including phenoxy) is 1. The Balaban J connectivity index is 1.84. The molecule has 2 aromatic rings. The van der Waals surface area contributed by atoms with Crippen LogP contribution < -0.4 is 16.8 Å². The van der Waals surface area contributed by atoms with Crippen LogP contribution in [-0.4, -0.2) is 76.9 Å². The van der Waals surface area contributed by atoms with Crippen molar-refractivity contribution >= 4 is 29.5 Å². The summed E-state index contributed by atoms with van der Waals surface area (Å²) in [5, 5.41) is 11.9. The van der Waals surface area contributed by atoms with Crippen LogP contribution in [0.3, 0.4) is 0 Å². The number of aliphatic carboxylic acids is 1. The van der Waals surface area contributed by atoms with Gasteiger partial charge in [0.25, 0.3) is 5.91 Å². The molecule has 39 heavy (non-hydrogen) atoms. The molecule has 1 aliphatic rings. The molecule has 0 bridgehead atoms. The highest BCUT2D eigenvalue weighted by atomic mass is 16.5. The van der Waals surface area contributed by atoms with Crippen molar-refractivity contribution in [3.63, 3.8) is 0 Å². The Hall–Kier alpha value is -4.35. The van der Waals surface area contributed by atoms with E-state index in [2.05, 4.69) is 11.9 Å². The number of fused-ring (bicyclic) bond motifs is 3. The van der Waals surface area contributed by atoms with Crippen LogP contribution >= 0.6 is 0 Å². The quantitative estimate of drug-likeness (QED) is 0.229. The second kappa shape index (κ2) is 12.5. The molecule has 0 saturated heterocycles. The Morgan fingerprint density at radius 2 is 1.49 bits per heavy atom. The minimum Gasteiger partial charge on any atom is -0.479 e. The third-order valence-electron chi connectivity index (χ3n) is 6.46. The fourth-order valence-corrected chi connectivity index (χ4v) is 4.56. The summed E-state index contributed by atoms with van der Waals surface area (Å²) < 4.78 is 5.45. The predicted molar refractivity (Wildman–Crippen MR) is 143 cm³/mol. The summed E-state index contributed by atoms with van der Waals surface area (Å²) in [5.41, 5.74) is 15.2. The van der Waals surface area contributed by atoms with Gasteiger partial charge in [-0.3, -0.25) is 14.4 Å². The summed E-state index contributed by atoms with van der Waals surface area (Å²) in [6, 6.07) is 9.05. The molecule has 1 aliphatic carbocycles. The number of carboxylic acid groups (broad SMARTS) is 1. The Bertz CT molecular complexity index is 1240. The second-order valence-electron chi connectivity index (χ2n) is 9.31. The monoisotopic (exact) mass is 536 g/mol. The third kappa shape index (κ3) is 6.21. The van der Waals surface area contributed by atoms with Crippen molar-refractivity contribution in [2.45, 2.75) is 43.9 Å². The number of hydrogen-bond acceptors (Lipinski definition) is 8. The normalized spacial score (nSPS) is 15.1. The van der Waals surface area contributed by atoms with Gasteiger partial charge >= 0.3 is 12.1 Å². The van der Waals surface area contributed by atoms with Gasteiger partial charge < -0.3 is 31.5 Å². The van der Waals surface area contributed by atoms with E-state index < -0.39 is 60.2 Å². The lowest BCUT2D eigenvalue weighted by Crippen LogP contribution is -2.62. The molecule has 2 aromatic carbocycles. The number of nitrogens with two attached hydrogens (primary N) is 2. The number of alkyl carbamates (subject to hydrolysis) is 1. The Kier molecular flexibility index (Phi) is 9.33. The molecule has 0 unspecified atom stereocenters. The maximum Gasteiger partial charge on any atom is 0.408 e. The summed E-state index contributed by atoms with van der Waals surface area (Å²) in [6.45, 7) is 5.56. The van der Waals surface area contributed by atoms with Crippen LogP contribution in [0.15, 0.2) is 61.2 Å². The molecule has 4 atom stereocenters. The highest BCUT2D eigenvalue weighted by Gasteiger charge is 2.42. The van der Waals surface area contributed by atoms with Crippen molar-refractivity contribution in [1.29, 1.82) is 0 Å². The molecule has 2 amide bonds. The number of hydrogen-bond donors (Lipinski definition) is 4. The van der Waals surface area contributed by atoms with Crippen LogP contribution in [0.2, 0.25) is 0 Å². The molecule has 0 heterocycles. The zero-order valence-corrected chi connectivity index (χ0v) is 21.7. The van der Waals surface area contributed by atoms with E-state index in [1.807, 2.05) is 48.5 Å². The molecule has 0 spiro atoms. The largest absolute Gasteiger partial charge is 0.479 e. The molecule has 0 radical (unpaired) electrons. The minimum atomic E-state index is -2.01. The molecule has 11 nitrogen and oxygen atoms in total. The summed E-state index contributed by atoms with van der Waals surface area (Å²) >= 11 is 0. The van der Waals surface area contributed by atoms with Crippen molar-refractivity contribution < 1.29 is 33.8 Å². The zero-order valence-electron chi connectivity index (χ0n) is 21.7. The van der Waals surface area contributed by atoms with E-state index in [0.29, 0.717) is 4.90 Å². The number of Topliss-reactive ketones (excluding diaryl/α,β-unsaturated/α-hetero) is 2. The number of carbonyl (C=O) groups excluding carboxylic acids is 4. The standard InChI is InChI=1S/C28H32N4O7/c1-4-13-32(23(27(36)37)25(34)16(3)30)26(35)22(24(33)15(2)29)31-28(38)39-14-21-19-11-7-5-9-17(19)18-10-6-8-12-20(18)21/h4-12,15-16,21-23H,1,13-14,29-30H2,2-3H3,(H,31,38)(H,36,37)/t15-,16-,22-,23-/m0/s1. The number of nitrogens with zero attached hydrogens (tertiary/aromatic N) is 1. The average Bonchev–Trinajstić information content (AvgIpc) is 3.22. The molecular weight excluding hydrogens is 504 g/mol. The van der Waals surface area contributed by atoms with Gasteiger partial charge in [-0.1, -0.05) is 54.6 Å². The molecule has 6 N–H and O–H groups in total. The summed E-state index contributed by atoms with van der Waals surface area (Å²) in [4.78, 5) is 64.3. The molecule has 11 heteroatoms. The van der Waals surface area contributed by atoms with E-state index in [9.17, 15) is 29.1 Å². The van der Waals surface area contributed by atoms with Crippen molar-refractivity contribution in [2.24, 2.45) is 11.5 Å². The highest BCUT2D eigenvalue weighted by Crippen LogP contribution is 2.44. The maximum atomic E-state index is 13.5. The van der Waals surface area contributed by atoms with Gasteiger partial charge in [0.1, 0.15) is 6.61 Å². The second-order valence-corrected chi connectivity index (χ2v) is 9.31. The topological polar surface area (TPSA) is 182 Å². The molecule has 206 valence electrons. The van der Waals surface area contributed by atoms with E-state index in [1.54, 1.807) is 0 Å². The van der Waals surface area contributed by atoms with Crippen LogP contribution in [0.25, 0.3) is 11.1 Å². The van der Waals surface area contributed by atoms with Crippen molar-refractivity contribution in [2.75, 3.05) is 13.2 Å². The Labute approximate surface area is 225 Å². The van der Waals surface area contributed by atoms with E-state index in [0.717, 1.165) is 22.3 Å². The van der Waals surface area contributed by atoms with Crippen LogP contribution in [0.1, 0.15) is 30.9 Å². The minimum absolute atomic E-state index is 0.0928. The van der Waals surface area contributed by atoms with Gasteiger partial charge in [-0.25, -0.2) is 9.59 Å². The first-order valence-corrected chi connectivity index (χ1v) is 12.3. The lowest BCUT2D eigenvalue weighted by atomic mass is 9.98. The Morgan fingerprint density at radius 1 is 0.974 bits per heavy atom. The zero-order chi connectivity index (χ0) is 28.9. The smallest absolute Gasteiger partial charge is 0.408 e. The highest BCUT2D eigenvalue weighted by molar-refractivity contribution is 6.13. The number of benzene rings is 2. The number of carbonyl (C=O) groups is 5. The van der Waals surface area contributed by atoms with Gasteiger partial charge in [-0.15, -0.1) is 6.58 Å². The lowest BCUT2D eigenvalue weighted by molar-refractivity contribution is -0.156. The number of amides is 2. The van der Waals surface area contributed by atoms with Gasteiger partial charge in [0.2, 0.25) is 0 Å². The van der Waals surface area contributed by atoms with Gasteiger partial charge in [0.05, 0.1) is 12.1 Å². The average molecular weight is 537 g/mol. The van der Waals surface area contributed by atoms with Gasteiger partial charge in [0, 0.05) is 12.5 Å². The van der Waals surface area contributed by atoms with E-state index in [4.69, 9.17) is 16.2 Å². The molecule has 3 rings (SSSR count). The van der Waals surface area contributed by atoms with Crippen LogP contribution in [-0.2, 0) is 23.9 Å². The number of rotatable bonds is 12. The van der Waals surface area contributed by atoms with E-state index >= 15 is 0 Å². The summed E-state index contributed by atoms with van der Waals surface area (Å²) in [6.07, 6.45) is 0.0939. The van der Waals surface area contributed by atoms with Crippen molar-refractivity contribution in [3.05, 3.63) is 72.3 Å². The number of ketones is 2. The van der Waals surface area contributed by atoms with Crippen LogP contribution in [0.5, 0.6) is 0 Å². The fraction of sp³-hybridized carbons (Fsp3) is 0.321. The van der Waals surface area contributed by atoms with Crippen molar-refractivity contribution in [1.82, 2.24) is 10.2 Å². The SMILES string of the molecule is C=CCN(C(=O)[C@@H](NC(=O)OCC1c2ccccc2-c2ccccc21)C(=O)[C@H](C)N)[C@H](C(=O)O)C(=O)[C@H](C)N. The molecule has 0 aromatic heterocycles. The van der Waals surface area contributed by atoms with E-state index in [1.165, 1.54) is 19.9 Å². The van der Waals surface area contributed by atoms with Gasteiger partial charge in [-0.05, 0) is 36.1 Å². The first-order valence-electron chi connectivity index (χ1n) is 12.3. The Morgan fingerprint density at radius 3 is 1.95 bits per heavy atom. The first kappa shape index (κ1) is 29.2. The lowest BCUT2D eigenvalue weighted by Gasteiger charge is -2.31. The third-order valence-corrected chi connectivity index (χ3v) is 6.46. The first-order chi connectivity index (χ1) is 18.5. The molecule has 0 aliphatic heterocycles. The predicted octanol–water partition coefficient (Wildman–Crippen LogP) is 1.19. The van der Waals surface area contributed by atoms with Crippen LogP contribution in [0.4, 0.5) is 4.79 Å². The summed E-state index contributed by atoms with van der Waals surface area (Å²) in [7, 11) is 0. The van der Waals surface area contributed by atoms with Crippen LogP contribution in [0, 0.1) is 0 Å². The number of nitrogens with one attached hydrogen (secondary N) is 1. The number of carboxylic acids is 1. The molecule has 0 fully saturated rings. The molecular formula is C28H32N4O7. The molecule has 0 saturated carbocycles. The van der Waals surface area contributed by atoms with Crippen molar-refractivity contribution in [3.8, 4) is 11.1 Å².